The Hall–Kier alpha value is -0.430. The number of rotatable bonds is 5. The Morgan fingerprint density at radius 2 is 2.21 bits per heavy atom. The van der Waals surface area contributed by atoms with E-state index < -0.39 is 6.10 Å². The zero-order valence-corrected chi connectivity index (χ0v) is 13.2. The number of piperidine rings is 1. The Labute approximate surface area is 123 Å². The van der Waals surface area contributed by atoms with Crippen molar-refractivity contribution in [2.45, 2.75) is 25.5 Å². The molecule has 1 aliphatic rings. The molecule has 2 rings (SSSR count). The van der Waals surface area contributed by atoms with E-state index in [0.717, 1.165) is 49.2 Å². The summed E-state index contributed by atoms with van der Waals surface area (Å²) in [5, 5.41) is 18.3. The fraction of sp³-hybridized carbons (Fsp3) is 0.769. The molecule has 0 aromatic carbocycles. The van der Waals surface area contributed by atoms with Crippen molar-refractivity contribution in [3.8, 4) is 0 Å². The Bertz CT molecular complexity index is 401. The Morgan fingerprint density at radius 1 is 1.53 bits per heavy atom. The highest BCUT2D eigenvalue weighted by molar-refractivity contribution is 9.10. The number of nitrogens with one attached hydrogen (secondary N) is 1. The minimum atomic E-state index is -0.430. The predicted molar refractivity (Wildman–Crippen MR) is 79.0 cm³/mol. The van der Waals surface area contributed by atoms with Crippen LogP contribution in [0.15, 0.2) is 10.7 Å². The summed E-state index contributed by atoms with van der Waals surface area (Å²) in [5.41, 5.74) is 0.925. The van der Waals surface area contributed by atoms with Gasteiger partial charge in [-0.1, -0.05) is 0 Å². The number of nitrogens with zero attached hydrogens (tertiary/aromatic N) is 3. The van der Waals surface area contributed by atoms with Gasteiger partial charge < -0.3 is 15.3 Å². The molecule has 0 aliphatic carbocycles. The second kappa shape index (κ2) is 6.83. The summed E-state index contributed by atoms with van der Waals surface area (Å²) < 4.78 is 2.84. The summed E-state index contributed by atoms with van der Waals surface area (Å²) in [6.07, 6.45) is 3.40. The van der Waals surface area contributed by atoms with E-state index in [9.17, 15) is 5.11 Å². The highest BCUT2D eigenvalue weighted by atomic mass is 79.9. The number of halogens is 1. The normalized spacial score (nSPS) is 19.0. The molecule has 2 heterocycles. The van der Waals surface area contributed by atoms with Crippen molar-refractivity contribution in [3.05, 3.63) is 16.4 Å². The monoisotopic (exact) mass is 330 g/mol. The summed E-state index contributed by atoms with van der Waals surface area (Å²) in [6, 6.07) is 0. The van der Waals surface area contributed by atoms with Crippen LogP contribution in [0.2, 0.25) is 0 Å². The number of hydrogen-bond acceptors (Lipinski definition) is 4. The summed E-state index contributed by atoms with van der Waals surface area (Å²) in [7, 11) is 4.09. The first kappa shape index (κ1) is 15.0. The number of aromatic nitrogens is 2. The molecular weight excluding hydrogens is 308 g/mol. The first-order valence-electron chi connectivity index (χ1n) is 6.84. The lowest BCUT2D eigenvalue weighted by atomic mass is 9.90. The zero-order chi connectivity index (χ0) is 13.8. The molecule has 0 radical (unpaired) electrons. The molecule has 108 valence electrons. The summed E-state index contributed by atoms with van der Waals surface area (Å²) >= 11 is 3.52. The van der Waals surface area contributed by atoms with Gasteiger partial charge in [0.15, 0.2) is 0 Å². The largest absolute Gasteiger partial charge is 0.386 e. The van der Waals surface area contributed by atoms with Crippen LogP contribution in [0.3, 0.4) is 0 Å². The van der Waals surface area contributed by atoms with E-state index in [-0.39, 0.29) is 0 Å². The number of aliphatic hydroxyl groups excluding tert-OH is 1. The third-order valence-corrected chi connectivity index (χ3v) is 4.31. The maximum atomic E-state index is 10.6. The van der Waals surface area contributed by atoms with Crippen molar-refractivity contribution >= 4 is 15.9 Å². The standard InChI is InChI=1S/C13H23BrN4O/c1-17(2)7-8-18-12(11(14)9-16-18)13(19)10-3-5-15-6-4-10/h9-10,13,15,19H,3-8H2,1-2H3. The highest BCUT2D eigenvalue weighted by Gasteiger charge is 2.27. The van der Waals surface area contributed by atoms with E-state index in [2.05, 4.69) is 31.2 Å². The maximum Gasteiger partial charge on any atom is 0.0997 e. The minimum absolute atomic E-state index is 0.326. The van der Waals surface area contributed by atoms with Crippen LogP contribution in [-0.4, -0.2) is 53.5 Å². The lowest BCUT2D eigenvalue weighted by molar-refractivity contribution is 0.0795. The van der Waals surface area contributed by atoms with Gasteiger partial charge in [-0.15, -0.1) is 0 Å². The van der Waals surface area contributed by atoms with Crippen LogP contribution >= 0.6 is 15.9 Å². The molecule has 0 saturated carbocycles. The Kier molecular flexibility index (Phi) is 5.38. The zero-order valence-electron chi connectivity index (χ0n) is 11.6. The van der Waals surface area contributed by atoms with Gasteiger partial charge in [0.05, 0.1) is 29.0 Å². The molecule has 2 N–H and O–H groups in total. The molecule has 0 bridgehead atoms. The van der Waals surface area contributed by atoms with Crippen molar-refractivity contribution < 1.29 is 5.11 Å². The number of aliphatic hydroxyl groups is 1. The molecule has 6 heteroatoms. The van der Waals surface area contributed by atoms with Gasteiger partial charge in [0.25, 0.3) is 0 Å². The number of hydrogen-bond donors (Lipinski definition) is 2. The molecule has 0 amide bonds. The molecule has 1 unspecified atom stereocenters. The first-order chi connectivity index (χ1) is 9.09. The molecule has 5 nitrogen and oxygen atoms in total. The van der Waals surface area contributed by atoms with Crippen LogP contribution in [0, 0.1) is 5.92 Å². The molecule has 1 aromatic heterocycles. The van der Waals surface area contributed by atoms with Crippen LogP contribution in [0.1, 0.15) is 24.6 Å². The molecular formula is C13H23BrN4O. The van der Waals surface area contributed by atoms with Gasteiger partial charge in [-0.3, -0.25) is 4.68 Å². The molecule has 19 heavy (non-hydrogen) atoms. The average Bonchev–Trinajstić information content (AvgIpc) is 2.78. The summed E-state index contributed by atoms with van der Waals surface area (Å²) in [4.78, 5) is 2.12. The van der Waals surface area contributed by atoms with Gasteiger partial charge in [0.2, 0.25) is 0 Å². The molecule has 1 fully saturated rings. The minimum Gasteiger partial charge on any atom is -0.386 e. The molecule has 1 aromatic rings. The van der Waals surface area contributed by atoms with Crippen LogP contribution in [0.5, 0.6) is 0 Å². The molecule has 0 spiro atoms. The van der Waals surface area contributed by atoms with Gasteiger partial charge in [-0.05, 0) is 61.9 Å². The van der Waals surface area contributed by atoms with Crippen molar-refractivity contribution in [2.24, 2.45) is 5.92 Å². The first-order valence-corrected chi connectivity index (χ1v) is 7.63. The van der Waals surface area contributed by atoms with Crippen molar-refractivity contribution in [1.29, 1.82) is 0 Å². The Morgan fingerprint density at radius 3 is 2.84 bits per heavy atom. The van der Waals surface area contributed by atoms with E-state index in [1.807, 2.05) is 18.8 Å². The molecule has 1 saturated heterocycles. The van der Waals surface area contributed by atoms with Crippen molar-refractivity contribution in [3.63, 3.8) is 0 Å². The van der Waals surface area contributed by atoms with Gasteiger partial charge in [-0.2, -0.15) is 5.10 Å². The predicted octanol–water partition coefficient (Wildman–Crippen LogP) is 1.24. The molecule has 1 aliphatic heterocycles. The Balaban J connectivity index is 2.10. The lowest BCUT2D eigenvalue weighted by Gasteiger charge is -2.28. The van der Waals surface area contributed by atoms with Crippen LogP contribution < -0.4 is 5.32 Å². The van der Waals surface area contributed by atoms with Gasteiger partial charge in [0, 0.05) is 6.54 Å². The van der Waals surface area contributed by atoms with E-state index >= 15 is 0 Å². The van der Waals surface area contributed by atoms with E-state index in [1.165, 1.54) is 0 Å². The van der Waals surface area contributed by atoms with Crippen LogP contribution in [-0.2, 0) is 6.54 Å². The SMILES string of the molecule is CN(C)CCn1ncc(Br)c1C(O)C1CCNCC1. The molecule has 1 atom stereocenters. The van der Waals surface area contributed by atoms with Crippen molar-refractivity contribution in [2.75, 3.05) is 33.7 Å². The summed E-state index contributed by atoms with van der Waals surface area (Å²) in [5.74, 6) is 0.326. The van der Waals surface area contributed by atoms with E-state index in [4.69, 9.17) is 0 Å². The van der Waals surface area contributed by atoms with Crippen LogP contribution in [0.25, 0.3) is 0 Å². The topological polar surface area (TPSA) is 53.3 Å². The number of likely N-dealkylation sites (N-methyl/N-ethyl adjacent to an activating group) is 1. The smallest absolute Gasteiger partial charge is 0.0997 e. The van der Waals surface area contributed by atoms with Gasteiger partial charge in [-0.25, -0.2) is 0 Å². The quantitative estimate of drug-likeness (QED) is 0.852. The third-order valence-electron chi connectivity index (χ3n) is 3.70. The van der Waals surface area contributed by atoms with Gasteiger partial charge >= 0.3 is 0 Å². The fourth-order valence-corrected chi connectivity index (χ4v) is 3.05. The third kappa shape index (κ3) is 3.78. The van der Waals surface area contributed by atoms with Crippen molar-refractivity contribution in [1.82, 2.24) is 20.0 Å². The highest BCUT2D eigenvalue weighted by Crippen LogP contribution is 2.32. The van der Waals surface area contributed by atoms with E-state index in [1.54, 1.807) is 6.20 Å². The second-order valence-electron chi connectivity index (χ2n) is 5.44. The van der Waals surface area contributed by atoms with Gasteiger partial charge in [0.1, 0.15) is 0 Å². The second-order valence-corrected chi connectivity index (χ2v) is 6.29. The fourth-order valence-electron chi connectivity index (χ4n) is 2.52. The van der Waals surface area contributed by atoms with Crippen LogP contribution in [0.4, 0.5) is 0 Å². The lowest BCUT2D eigenvalue weighted by Crippen LogP contribution is -2.32. The van der Waals surface area contributed by atoms with E-state index in [0.29, 0.717) is 5.92 Å². The maximum absolute atomic E-state index is 10.6. The average molecular weight is 331 g/mol. The summed E-state index contributed by atoms with van der Waals surface area (Å²) in [6.45, 7) is 3.70.